The highest BCUT2D eigenvalue weighted by atomic mass is 14.1. The molecule has 0 aliphatic heterocycles. The maximum atomic E-state index is 4.60. The second-order valence-electron chi connectivity index (χ2n) is 4.47. The number of hydrogen-bond acceptors (Lipinski definition) is 0. The molecule has 1 aromatic rings. The molecule has 0 spiro atoms. The molecular formula is C19H32. The molecule has 0 saturated carbocycles. The van der Waals surface area contributed by atoms with E-state index in [1.165, 1.54) is 36.8 Å². The molecule has 108 valence electrons. The molecule has 0 atom stereocenters. The minimum Gasteiger partial charge on any atom is -0.120 e. The van der Waals surface area contributed by atoms with E-state index in [1.54, 1.807) is 6.92 Å². The molecule has 0 N–H and O–H groups in total. The van der Waals surface area contributed by atoms with E-state index in [1.807, 2.05) is 13.8 Å². The van der Waals surface area contributed by atoms with Crippen LogP contribution in [0.1, 0.15) is 77.3 Å². The van der Waals surface area contributed by atoms with Crippen LogP contribution in [0.5, 0.6) is 0 Å². The average molecular weight is 260 g/mol. The zero-order valence-corrected chi connectivity index (χ0v) is 13.8. The highest BCUT2D eigenvalue weighted by Crippen LogP contribution is 2.26. The Kier molecular flexibility index (Phi) is 15.7. The summed E-state index contributed by atoms with van der Waals surface area (Å²) in [5.74, 6) is 3.03. The molecule has 0 heteroatoms. The zero-order chi connectivity index (χ0) is 15.1. The molecular weight excluding hydrogens is 228 g/mol. The molecule has 0 aromatic heterocycles. The van der Waals surface area contributed by atoms with Crippen LogP contribution in [-0.4, -0.2) is 0 Å². The fraction of sp³-hybridized carbons (Fsp3) is 0.579. The second-order valence-corrected chi connectivity index (χ2v) is 4.47. The van der Waals surface area contributed by atoms with Gasteiger partial charge in [0.1, 0.15) is 0 Å². The van der Waals surface area contributed by atoms with Gasteiger partial charge >= 0.3 is 0 Å². The van der Waals surface area contributed by atoms with Gasteiger partial charge in [-0.1, -0.05) is 70.4 Å². The van der Waals surface area contributed by atoms with E-state index < -0.39 is 0 Å². The molecule has 0 saturated heterocycles. The van der Waals surface area contributed by atoms with Gasteiger partial charge in [-0.15, -0.1) is 12.3 Å². The van der Waals surface area contributed by atoms with E-state index in [-0.39, 0.29) is 0 Å². The largest absolute Gasteiger partial charge is 0.120 e. The smallest absolute Gasteiger partial charge is 0.00297 e. The lowest BCUT2D eigenvalue weighted by Crippen LogP contribution is -1.97. The van der Waals surface area contributed by atoms with Crippen molar-refractivity contribution < 1.29 is 0 Å². The summed E-state index contributed by atoms with van der Waals surface area (Å²) in [6, 6.07) is 9.05. The van der Waals surface area contributed by atoms with Gasteiger partial charge in [0, 0.05) is 0 Å². The van der Waals surface area contributed by atoms with E-state index in [0.717, 1.165) is 5.92 Å². The van der Waals surface area contributed by atoms with Crippen molar-refractivity contribution in [2.75, 3.05) is 0 Å². The molecule has 0 amide bonds. The molecule has 1 aromatic carbocycles. The van der Waals surface area contributed by atoms with Gasteiger partial charge in [0.2, 0.25) is 0 Å². The molecule has 0 aliphatic rings. The maximum absolute atomic E-state index is 4.60. The first-order valence-corrected chi connectivity index (χ1v) is 7.63. The lowest BCUT2D eigenvalue weighted by Gasteiger charge is -2.15. The van der Waals surface area contributed by atoms with Crippen molar-refractivity contribution in [1.82, 2.24) is 0 Å². The first kappa shape index (κ1) is 20.1. The van der Waals surface area contributed by atoms with Gasteiger partial charge in [0.15, 0.2) is 0 Å². The Bertz CT molecular complexity index is 307. The van der Waals surface area contributed by atoms with Gasteiger partial charge in [-0.05, 0) is 38.2 Å². The van der Waals surface area contributed by atoms with Crippen molar-refractivity contribution in [2.45, 2.75) is 73.1 Å². The van der Waals surface area contributed by atoms with E-state index >= 15 is 0 Å². The van der Waals surface area contributed by atoms with E-state index in [9.17, 15) is 0 Å². The maximum Gasteiger partial charge on any atom is -0.00297 e. The second kappa shape index (κ2) is 14.8. The standard InChI is InChI=1S/C14H22.C3H4.C2H6/c1-4-6-13(7-5-2)14-10-8-12(3)9-11-14;1-3-2;1-2/h8-11,13H,4-7H2,1-3H3;1H,2H3;1-2H3. The number of aryl methyl sites for hydroxylation is 1. The summed E-state index contributed by atoms with van der Waals surface area (Å²) in [6.07, 6.45) is 9.84. The van der Waals surface area contributed by atoms with Crippen molar-refractivity contribution in [1.29, 1.82) is 0 Å². The average Bonchev–Trinajstić information content (AvgIpc) is 2.43. The zero-order valence-electron chi connectivity index (χ0n) is 13.8. The quantitative estimate of drug-likeness (QED) is 0.541. The molecule has 0 aliphatic carbocycles. The Hall–Kier alpha value is -1.22. The van der Waals surface area contributed by atoms with Gasteiger partial charge in [-0.3, -0.25) is 0 Å². The van der Waals surface area contributed by atoms with E-state index in [0.29, 0.717) is 0 Å². The van der Waals surface area contributed by atoms with Crippen molar-refractivity contribution in [3.8, 4) is 12.3 Å². The molecule has 0 heterocycles. The van der Waals surface area contributed by atoms with Gasteiger partial charge in [0.05, 0.1) is 0 Å². The Morgan fingerprint density at radius 3 is 1.68 bits per heavy atom. The van der Waals surface area contributed by atoms with E-state index in [4.69, 9.17) is 0 Å². The van der Waals surface area contributed by atoms with E-state index in [2.05, 4.69) is 57.4 Å². The van der Waals surface area contributed by atoms with Crippen LogP contribution in [0.2, 0.25) is 0 Å². The van der Waals surface area contributed by atoms with Crippen molar-refractivity contribution in [2.24, 2.45) is 0 Å². The number of benzene rings is 1. The molecule has 0 bridgehead atoms. The minimum atomic E-state index is 0.783. The summed E-state index contributed by atoms with van der Waals surface area (Å²) in [4.78, 5) is 0. The molecule has 19 heavy (non-hydrogen) atoms. The lowest BCUT2D eigenvalue weighted by molar-refractivity contribution is 0.561. The van der Waals surface area contributed by atoms with Crippen molar-refractivity contribution in [3.63, 3.8) is 0 Å². The first-order chi connectivity index (χ1) is 9.19. The Morgan fingerprint density at radius 2 is 1.37 bits per heavy atom. The van der Waals surface area contributed by atoms with Crippen LogP contribution < -0.4 is 0 Å². The summed E-state index contributed by atoms with van der Waals surface area (Å²) in [7, 11) is 0. The predicted molar refractivity (Wildman–Crippen MR) is 89.6 cm³/mol. The van der Waals surface area contributed by atoms with Crippen molar-refractivity contribution in [3.05, 3.63) is 35.4 Å². The Morgan fingerprint density at radius 1 is 1.00 bits per heavy atom. The van der Waals surface area contributed by atoms with Crippen LogP contribution in [0.15, 0.2) is 24.3 Å². The van der Waals surface area contributed by atoms with Crippen LogP contribution >= 0.6 is 0 Å². The molecule has 0 nitrogen and oxygen atoms in total. The van der Waals surface area contributed by atoms with Crippen LogP contribution in [0, 0.1) is 19.3 Å². The molecule has 0 unspecified atom stereocenters. The highest BCUT2D eigenvalue weighted by molar-refractivity contribution is 5.24. The Balaban J connectivity index is 0. The summed E-state index contributed by atoms with van der Waals surface area (Å²) < 4.78 is 0. The summed E-state index contributed by atoms with van der Waals surface area (Å²) in [5.41, 5.74) is 2.89. The Labute approximate surface area is 121 Å². The third-order valence-corrected chi connectivity index (χ3v) is 2.82. The highest BCUT2D eigenvalue weighted by Gasteiger charge is 2.08. The van der Waals surface area contributed by atoms with Crippen LogP contribution in [0.3, 0.4) is 0 Å². The SMILES string of the molecule is C#CC.CC.CCCC(CCC)c1ccc(C)cc1. The third-order valence-electron chi connectivity index (χ3n) is 2.82. The lowest BCUT2D eigenvalue weighted by atomic mass is 9.90. The molecule has 0 radical (unpaired) electrons. The third kappa shape index (κ3) is 10.4. The monoisotopic (exact) mass is 260 g/mol. The summed E-state index contributed by atoms with van der Waals surface area (Å²) in [6.45, 7) is 12.4. The normalized spacial score (nSPS) is 8.74. The van der Waals surface area contributed by atoms with Gasteiger partial charge in [0.25, 0.3) is 0 Å². The first-order valence-electron chi connectivity index (χ1n) is 7.63. The number of hydrogen-bond donors (Lipinski definition) is 0. The van der Waals surface area contributed by atoms with Gasteiger partial charge in [-0.2, -0.15) is 0 Å². The van der Waals surface area contributed by atoms with Gasteiger partial charge in [-0.25, -0.2) is 0 Å². The van der Waals surface area contributed by atoms with Crippen LogP contribution in [0.4, 0.5) is 0 Å². The summed E-state index contributed by atoms with van der Waals surface area (Å²) >= 11 is 0. The minimum absolute atomic E-state index is 0.783. The predicted octanol–water partition coefficient (Wildman–Crippen LogP) is 6.34. The number of terminal acetylenes is 1. The summed E-state index contributed by atoms with van der Waals surface area (Å²) in [5, 5.41) is 0. The van der Waals surface area contributed by atoms with Crippen LogP contribution in [0.25, 0.3) is 0 Å². The fourth-order valence-electron chi connectivity index (χ4n) is 2.01. The van der Waals surface area contributed by atoms with Crippen molar-refractivity contribution >= 4 is 0 Å². The molecule has 0 fully saturated rings. The topological polar surface area (TPSA) is 0 Å². The molecule has 1 rings (SSSR count). The van der Waals surface area contributed by atoms with Crippen LogP contribution in [-0.2, 0) is 0 Å². The van der Waals surface area contributed by atoms with Gasteiger partial charge < -0.3 is 0 Å². The fourth-order valence-corrected chi connectivity index (χ4v) is 2.01. The number of rotatable bonds is 5.